The molecule has 0 saturated carbocycles. The second-order valence-corrected chi connectivity index (χ2v) is 9.26. The molecule has 1 aromatic carbocycles. The van der Waals surface area contributed by atoms with Gasteiger partial charge in [0.2, 0.25) is 0 Å². The fourth-order valence-corrected chi connectivity index (χ4v) is 6.49. The molecule has 0 aliphatic carbocycles. The summed E-state index contributed by atoms with van der Waals surface area (Å²) in [6.07, 6.45) is 0. The van der Waals surface area contributed by atoms with Crippen molar-refractivity contribution in [2.75, 3.05) is 11.4 Å². The van der Waals surface area contributed by atoms with Crippen LogP contribution in [-0.4, -0.2) is 38.6 Å². The number of methoxy groups -OCH3 is 1. The predicted octanol–water partition coefficient (Wildman–Crippen LogP) is 1.96. The molecule has 0 unspecified atom stereocenters. The molecule has 0 atom stereocenters. The number of hydrogen-bond donors (Lipinski definition) is 1. The Morgan fingerprint density at radius 1 is 1.14 bits per heavy atom. The second-order valence-electron chi connectivity index (χ2n) is 5.78. The molecule has 9 nitrogen and oxygen atoms in total. The Balaban J connectivity index is 1.93. The monoisotopic (exact) mass is 450 g/mol. The Bertz CT molecular complexity index is 1240. The number of para-hydroxylation sites is 1. The molecular formula is C17H10N2O7S3. The Hall–Kier alpha value is -2.96. The first-order valence-electron chi connectivity index (χ1n) is 7.88. The molecule has 1 fully saturated rings. The number of esters is 1. The topological polar surface area (TPSA) is 127 Å². The molecule has 1 N–H and O–H groups in total. The van der Waals surface area contributed by atoms with Crippen LogP contribution in [0.5, 0.6) is 0 Å². The fourth-order valence-electron chi connectivity index (χ4n) is 2.97. The van der Waals surface area contributed by atoms with E-state index in [9.17, 15) is 27.6 Å². The minimum Gasteiger partial charge on any atom is -0.465 e. The Kier molecular flexibility index (Phi) is 4.56. The van der Waals surface area contributed by atoms with Crippen LogP contribution in [0.15, 0.2) is 44.8 Å². The lowest BCUT2D eigenvalue weighted by Gasteiger charge is -2.17. The molecule has 0 radical (unpaired) electrons. The van der Waals surface area contributed by atoms with Crippen molar-refractivity contribution >= 4 is 67.4 Å². The molecule has 4 rings (SSSR count). The molecule has 12 heteroatoms. The summed E-state index contributed by atoms with van der Waals surface area (Å²) in [6, 6.07) is 6.00. The highest BCUT2D eigenvalue weighted by Gasteiger charge is 2.46. The quantitative estimate of drug-likeness (QED) is 0.555. The van der Waals surface area contributed by atoms with Gasteiger partial charge in [0.05, 0.1) is 28.8 Å². The van der Waals surface area contributed by atoms with Crippen LogP contribution in [0.1, 0.15) is 15.9 Å². The molecule has 2 aromatic rings. The summed E-state index contributed by atoms with van der Waals surface area (Å²) in [6.45, 7) is 0. The van der Waals surface area contributed by atoms with E-state index in [4.69, 9.17) is 0 Å². The molecule has 1 aromatic heterocycles. The summed E-state index contributed by atoms with van der Waals surface area (Å²) in [4.78, 5) is 48.2. The summed E-state index contributed by atoms with van der Waals surface area (Å²) in [5.41, 5.74) is -0.169. The van der Waals surface area contributed by atoms with E-state index >= 15 is 0 Å². The molecule has 0 spiro atoms. The number of nitrogens with zero attached hydrogens (tertiary/aromatic N) is 1. The van der Waals surface area contributed by atoms with Crippen molar-refractivity contribution in [1.29, 1.82) is 0 Å². The third-order valence-electron chi connectivity index (χ3n) is 4.18. The predicted molar refractivity (Wildman–Crippen MR) is 105 cm³/mol. The van der Waals surface area contributed by atoms with E-state index in [0.717, 1.165) is 18.4 Å². The third kappa shape index (κ3) is 2.87. The lowest BCUT2D eigenvalue weighted by atomic mass is 10.1. The molecule has 2 aliphatic heterocycles. The van der Waals surface area contributed by atoms with Gasteiger partial charge in [-0.05, 0) is 17.8 Å². The van der Waals surface area contributed by atoms with Crippen LogP contribution in [0.4, 0.5) is 10.5 Å². The van der Waals surface area contributed by atoms with Gasteiger partial charge in [-0.25, -0.2) is 13.2 Å². The van der Waals surface area contributed by atoms with Crippen LogP contribution >= 0.6 is 23.1 Å². The maximum atomic E-state index is 13.3. The first-order valence-corrected chi connectivity index (χ1v) is 11.1. The highest BCUT2D eigenvalue weighted by atomic mass is 32.2. The smallest absolute Gasteiger partial charge is 0.340 e. The summed E-state index contributed by atoms with van der Waals surface area (Å²) in [5.74, 6) is -2.62. The first kappa shape index (κ1) is 19.4. The van der Waals surface area contributed by atoms with Crippen molar-refractivity contribution in [2.45, 2.75) is 4.90 Å². The number of amides is 3. The summed E-state index contributed by atoms with van der Waals surface area (Å²) in [7, 11) is -3.39. The molecule has 3 amide bonds. The van der Waals surface area contributed by atoms with Gasteiger partial charge in [-0.1, -0.05) is 18.2 Å². The van der Waals surface area contributed by atoms with E-state index in [1.807, 2.05) is 0 Å². The number of hydrogen-bond acceptors (Lipinski definition) is 9. The van der Waals surface area contributed by atoms with E-state index in [-0.39, 0.29) is 32.2 Å². The molecule has 1 saturated heterocycles. The number of anilines is 1. The number of carbonyl (C=O) groups excluding carboxylic acids is 4. The van der Waals surface area contributed by atoms with Crippen LogP contribution < -0.4 is 9.62 Å². The standard InChI is InChI=1S/C17H10N2O7S3/c1-26-16(22)9-6-27-7-11(9)29(24,25)19-10-5-3-2-4-8(10)12(15(19)21)13-14(20)18-17(23)28-13/h2-7H,1H3,(H,18,20,23). The van der Waals surface area contributed by atoms with Gasteiger partial charge in [0, 0.05) is 16.3 Å². The SMILES string of the molecule is COC(=O)c1cscc1S(=O)(=O)N1C(=O)C(=C2SC(=O)NC2=O)c2ccccc21. The fraction of sp³-hybridized carbons (Fsp3) is 0.0588. The van der Waals surface area contributed by atoms with E-state index in [2.05, 4.69) is 10.1 Å². The van der Waals surface area contributed by atoms with E-state index in [1.54, 1.807) is 6.07 Å². The number of ether oxygens (including phenoxy) is 1. The van der Waals surface area contributed by atoms with Gasteiger partial charge in [-0.15, -0.1) is 0 Å². The Morgan fingerprint density at radius 2 is 1.86 bits per heavy atom. The molecule has 3 heterocycles. The van der Waals surface area contributed by atoms with Crippen LogP contribution in [0, 0.1) is 0 Å². The van der Waals surface area contributed by atoms with Crippen molar-refractivity contribution in [3.8, 4) is 0 Å². The maximum Gasteiger partial charge on any atom is 0.340 e. The number of nitrogens with one attached hydrogen (secondary N) is 1. The maximum absolute atomic E-state index is 13.3. The lowest BCUT2D eigenvalue weighted by molar-refractivity contribution is -0.116. The van der Waals surface area contributed by atoms with Gasteiger partial charge < -0.3 is 4.74 Å². The van der Waals surface area contributed by atoms with E-state index in [0.29, 0.717) is 16.1 Å². The van der Waals surface area contributed by atoms with Crippen LogP contribution in [0.25, 0.3) is 5.57 Å². The van der Waals surface area contributed by atoms with Crippen molar-refractivity contribution in [3.05, 3.63) is 51.1 Å². The molecular weight excluding hydrogens is 440 g/mol. The van der Waals surface area contributed by atoms with Gasteiger partial charge in [0.25, 0.3) is 27.1 Å². The number of carbonyl (C=O) groups is 4. The van der Waals surface area contributed by atoms with E-state index < -0.39 is 33.0 Å². The van der Waals surface area contributed by atoms with Crippen LogP contribution in [0.3, 0.4) is 0 Å². The van der Waals surface area contributed by atoms with Gasteiger partial charge in [-0.2, -0.15) is 15.6 Å². The summed E-state index contributed by atoms with van der Waals surface area (Å²) in [5, 5.41) is 3.93. The zero-order chi connectivity index (χ0) is 20.9. The highest BCUT2D eigenvalue weighted by Crippen LogP contribution is 2.45. The number of benzene rings is 1. The molecule has 2 aliphatic rings. The average molecular weight is 450 g/mol. The van der Waals surface area contributed by atoms with Gasteiger partial charge in [-0.3, -0.25) is 19.7 Å². The number of imide groups is 1. The van der Waals surface area contributed by atoms with Crippen molar-refractivity contribution in [2.24, 2.45) is 0 Å². The third-order valence-corrected chi connectivity index (χ3v) is 7.69. The van der Waals surface area contributed by atoms with Crippen molar-refractivity contribution in [3.63, 3.8) is 0 Å². The summed E-state index contributed by atoms with van der Waals surface area (Å²) < 4.78 is 31.8. The number of thiophene rings is 1. The highest BCUT2D eigenvalue weighted by molar-refractivity contribution is 8.18. The summed E-state index contributed by atoms with van der Waals surface area (Å²) >= 11 is 1.49. The lowest BCUT2D eigenvalue weighted by Crippen LogP contribution is -2.34. The first-order chi connectivity index (χ1) is 13.8. The number of rotatable bonds is 3. The zero-order valence-electron chi connectivity index (χ0n) is 14.5. The van der Waals surface area contributed by atoms with Gasteiger partial charge in [0.15, 0.2) is 0 Å². The van der Waals surface area contributed by atoms with Crippen LogP contribution in [0.2, 0.25) is 0 Å². The molecule has 148 valence electrons. The van der Waals surface area contributed by atoms with Gasteiger partial charge in [0.1, 0.15) is 4.90 Å². The van der Waals surface area contributed by atoms with Crippen LogP contribution in [-0.2, 0) is 24.3 Å². The molecule has 29 heavy (non-hydrogen) atoms. The molecule has 0 bridgehead atoms. The zero-order valence-corrected chi connectivity index (χ0v) is 16.9. The Labute approximate surface area is 172 Å². The van der Waals surface area contributed by atoms with Crippen molar-refractivity contribution in [1.82, 2.24) is 5.32 Å². The Morgan fingerprint density at radius 3 is 2.52 bits per heavy atom. The van der Waals surface area contributed by atoms with Crippen molar-refractivity contribution < 1.29 is 32.3 Å². The van der Waals surface area contributed by atoms with E-state index in [1.165, 1.54) is 29.0 Å². The minimum atomic E-state index is -4.50. The van der Waals surface area contributed by atoms with Gasteiger partial charge >= 0.3 is 5.97 Å². The number of fused-ring (bicyclic) bond motifs is 1. The minimum absolute atomic E-state index is 0.0229. The second kappa shape index (κ2) is 6.83. The number of sulfonamides is 1. The number of thioether (sulfide) groups is 1. The average Bonchev–Trinajstić information content (AvgIpc) is 3.36. The normalized spacial score (nSPS) is 18.8. The largest absolute Gasteiger partial charge is 0.465 e.